The van der Waals surface area contributed by atoms with Crippen molar-refractivity contribution in [3.05, 3.63) is 36.4 Å². The molecule has 0 spiro atoms. The third kappa shape index (κ3) is 7.46. The molecule has 2 fully saturated rings. The Hall–Kier alpha value is -1.61. The van der Waals surface area contributed by atoms with Crippen LogP contribution in [-0.4, -0.2) is 32.9 Å². The van der Waals surface area contributed by atoms with Crippen molar-refractivity contribution in [2.75, 3.05) is 25.0 Å². The van der Waals surface area contributed by atoms with Crippen LogP contribution >= 0.6 is 0 Å². The van der Waals surface area contributed by atoms with E-state index in [4.69, 9.17) is 0 Å². The van der Waals surface area contributed by atoms with Crippen molar-refractivity contribution < 1.29 is 0 Å². The van der Waals surface area contributed by atoms with E-state index in [0.717, 1.165) is 43.0 Å². The second-order valence-corrected chi connectivity index (χ2v) is 12.2. The minimum atomic E-state index is 0.297. The number of benzene rings is 1. The number of hydrogen-bond acceptors (Lipinski definition) is 3. The van der Waals surface area contributed by atoms with E-state index in [0.29, 0.717) is 16.9 Å². The van der Waals surface area contributed by atoms with Gasteiger partial charge in [-0.05, 0) is 100 Å². The molecule has 2 saturated carbocycles. The van der Waals surface area contributed by atoms with Gasteiger partial charge < -0.3 is 10.2 Å². The first-order valence-corrected chi connectivity index (χ1v) is 14.9. The molecule has 1 N–H and O–H groups in total. The maximum absolute atomic E-state index is 4.36. The van der Waals surface area contributed by atoms with Crippen LogP contribution in [0.4, 0.5) is 11.4 Å². The molecule has 0 aliphatic heterocycles. The smallest absolute Gasteiger partial charge is 0.0855 e. The lowest BCUT2D eigenvalue weighted by Gasteiger charge is -2.39. The van der Waals surface area contributed by atoms with E-state index in [-0.39, 0.29) is 0 Å². The Labute approximate surface area is 224 Å². The summed E-state index contributed by atoms with van der Waals surface area (Å²) in [6.07, 6.45) is 15.4. The summed E-state index contributed by atoms with van der Waals surface area (Å²) in [6, 6.07) is 9.16. The maximum Gasteiger partial charge on any atom is 0.0855 e. The number of nitrogens with zero attached hydrogens (tertiary/aromatic N) is 2. The van der Waals surface area contributed by atoms with Crippen molar-refractivity contribution in [3.63, 3.8) is 0 Å². The number of aliphatic imine (C=N–C) groups is 1. The van der Waals surface area contributed by atoms with Gasteiger partial charge in [0.25, 0.3) is 0 Å². The zero-order valence-corrected chi connectivity index (χ0v) is 24.9. The van der Waals surface area contributed by atoms with Crippen LogP contribution in [0.15, 0.2) is 41.4 Å². The minimum Gasteiger partial charge on any atom is -0.369 e. The summed E-state index contributed by atoms with van der Waals surface area (Å²) in [5.41, 5.74) is 2.99. The number of anilines is 1. The maximum atomic E-state index is 4.36. The molecule has 0 heterocycles. The van der Waals surface area contributed by atoms with E-state index < -0.39 is 0 Å². The van der Waals surface area contributed by atoms with Gasteiger partial charge in [0, 0.05) is 24.5 Å². The highest BCUT2D eigenvalue weighted by Crippen LogP contribution is 2.47. The zero-order chi connectivity index (χ0) is 26.8. The Morgan fingerprint density at radius 1 is 1.08 bits per heavy atom. The van der Waals surface area contributed by atoms with E-state index >= 15 is 0 Å². The SMILES string of the molecule is C=Nc1ccccc1N(CC/C=C/C1(CC)C(C)CCC1NC)CC1CCC(C(C)(C)C)CC1.CC. The van der Waals surface area contributed by atoms with E-state index in [9.17, 15) is 0 Å². The number of nitrogens with one attached hydrogen (secondary N) is 1. The molecule has 2 aliphatic carbocycles. The number of rotatable bonds is 10. The van der Waals surface area contributed by atoms with Gasteiger partial charge >= 0.3 is 0 Å². The van der Waals surface area contributed by atoms with Gasteiger partial charge in [0.15, 0.2) is 0 Å². The van der Waals surface area contributed by atoms with Crippen LogP contribution in [-0.2, 0) is 0 Å². The van der Waals surface area contributed by atoms with Crippen molar-refractivity contribution >= 4 is 18.1 Å². The molecule has 3 unspecified atom stereocenters. The average Bonchev–Trinajstić information content (AvgIpc) is 3.21. The molecule has 204 valence electrons. The largest absolute Gasteiger partial charge is 0.369 e. The van der Waals surface area contributed by atoms with Gasteiger partial charge in [-0.3, -0.25) is 4.99 Å². The molecule has 0 radical (unpaired) electrons. The van der Waals surface area contributed by atoms with Crippen molar-refractivity contribution in [3.8, 4) is 0 Å². The highest BCUT2D eigenvalue weighted by atomic mass is 15.1. The Bertz CT molecular complexity index is 799. The lowest BCUT2D eigenvalue weighted by atomic mass is 9.70. The van der Waals surface area contributed by atoms with Crippen molar-refractivity contribution in [2.24, 2.45) is 33.6 Å². The Morgan fingerprint density at radius 2 is 1.75 bits per heavy atom. The molecule has 3 heteroatoms. The molecule has 1 aromatic rings. The molecule has 0 bridgehead atoms. The monoisotopic (exact) mass is 495 g/mol. The van der Waals surface area contributed by atoms with Crippen molar-refractivity contribution in [2.45, 2.75) is 106 Å². The van der Waals surface area contributed by atoms with E-state index in [2.05, 4.69) is 100 Å². The van der Waals surface area contributed by atoms with Gasteiger partial charge in [-0.1, -0.05) is 72.8 Å². The van der Waals surface area contributed by atoms with E-state index in [1.54, 1.807) is 0 Å². The molecule has 0 saturated heterocycles. The standard InChI is InChI=1S/C31H51N3.C2H6/c1-8-31(24(2)15-20-29(31)33-7)21-11-12-22-34(28-14-10-9-13-27(28)32-6)23-25-16-18-26(19-17-25)30(3,4)5;1-2/h9-11,13-14,21,24-26,29,33H,6,8,12,15-20,22-23H2,1-5,7H3;1-2H3/b21-11+;. The van der Waals surface area contributed by atoms with Gasteiger partial charge in [-0.2, -0.15) is 0 Å². The number of hydrogen-bond donors (Lipinski definition) is 1. The lowest BCUT2D eigenvalue weighted by molar-refractivity contribution is 0.151. The molecule has 2 aliphatic rings. The Balaban J connectivity index is 0.00000222. The fraction of sp³-hybridized carbons (Fsp3) is 0.727. The van der Waals surface area contributed by atoms with Gasteiger partial charge in [-0.15, -0.1) is 0 Å². The first-order valence-electron chi connectivity index (χ1n) is 14.9. The molecule has 36 heavy (non-hydrogen) atoms. The molecular formula is C33H57N3. The summed E-state index contributed by atoms with van der Waals surface area (Å²) in [7, 11) is 2.14. The highest BCUT2D eigenvalue weighted by Gasteiger charge is 2.43. The molecule has 3 nitrogen and oxygen atoms in total. The summed E-state index contributed by atoms with van der Waals surface area (Å²) in [5, 5.41) is 3.61. The normalized spacial score (nSPS) is 28.6. The molecule has 3 atom stereocenters. The van der Waals surface area contributed by atoms with Gasteiger partial charge in [0.05, 0.1) is 11.4 Å². The second-order valence-electron chi connectivity index (χ2n) is 12.2. The van der Waals surface area contributed by atoms with Crippen LogP contribution in [0.2, 0.25) is 0 Å². The summed E-state index contributed by atoms with van der Waals surface area (Å²) >= 11 is 0. The fourth-order valence-electron chi connectivity index (χ4n) is 6.93. The summed E-state index contributed by atoms with van der Waals surface area (Å²) < 4.78 is 0. The third-order valence-corrected chi connectivity index (χ3v) is 9.35. The quantitative estimate of drug-likeness (QED) is 0.259. The first-order chi connectivity index (χ1) is 17.2. The molecule has 3 rings (SSSR count). The van der Waals surface area contributed by atoms with Crippen LogP contribution in [0.25, 0.3) is 0 Å². The van der Waals surface area contributed by atoms with Crippen LogP contribution in [0.1, 0.15) is 99.8 Å². The summed E-state index contributed by atoms with van der Waals surface area (Å²) in [5.74, 6) is 2.37. The molecule has 1 aromatic carbocycles. The van der Waals surface area contributed by atoms with Gasteiger partial charge in [0.1, 0.15) is 0 Å². The van der Waals surface area contributed by atoms with Crippen LogP contribution in [0.3, 0.4) is 0 Å². The predicted octanol–water partition coefficient (Wildman–Crippen LogP) is 9.06. The number of para-hydroxylation sites is 2. The van der Waals surface area contributed by atoms with E-state index in [1.807, 2.05) is 13.8 Å². The predicted molar refractivity (Wildman–Crippen MR) is 162 cm³/mol. The fourth-order valence-corrected chi connectivity index (χ4v) is 6.93. The molecular weight excluding hydrogens is 438 g/mol. The van der Waals surface area contributed by atoms with Crippen LogP contribution < -0.4 is 10.2 Å². The first kappa shape index (κ1) is 30.6. The summed E-state index contributed by atoms with van der Waals surface area (Å²) in [6.45, 7) is 22.1. The Kier molecular flexibility index (Phi) is 12.2. The Morgan fingerprint density at radius 3 is 2.33 bits per heavy atom. The molecule has 0 amide bonds. The second kappa shape index (κ2) is 14.4. The van der Waals surface area contributed by atoms with Crippen LogP contribution in [0.5, 0.6) is 0 Å². The summed E-state index contributed by atoms with van der Waals surface area (Å²) in [4.78, 5) is 6.96. The lowest BCUT2D eigenvalue weighted by Crippen LogP contribution is -2.40. The average molecular weight is 496 g/mol. The van der Waals surface area contributed by atoms with Crippen molar-refractivity contribution in [1.82, 2.24) is 5.32 Å². The zero-order valence-electron chi connectivity index (χ0n) is 24.9. The minimum absolute atomic E-state index is 0.297. The van der Waals surface area contributed by atoms with E-state index in [1.165, 1.54) is 50.6 Å². The van der Waals surface area contributed by atoms with Gasteiger partial charge in [0.2, 0.25) is 0 Å². The van der Waals surface area contributed by atoms with Crippen LogP contribution in [0, 0.1) is 28.6 Å². The van der Waals surface area contributed by atoms with Crippen molar-refractivity contribution in [1.29, 1.82) is 0 Å². The van der Waals surface area contributed by atoms with Gasteiger partial charge in [-0.25, -0.2) is 0 Å². The molecule has 0 aromatic heterocycles. The highest BCUT2D eigenvalue weighted by molar-refractivity contribution is 5.68. The third-order valence-electron chi connectivity index (χ3n) is 9.35. The topological polar surface area (TPSA) is 27.6 Å².